The number of hydrogen-bond donors (Lipinski definition) is 2. The van der Waals surface area contributed by atoms with E-state index in [1.54, 1.807) is 19.4 Å². The van der Waals surface area contributed by atoms with Crippen molar-refractivity contribution in [3.8, 4) is 5.88 Å². The van der Waals surface area contributed by atoms with Crippen LogP contribution in [0.25, 0.3) is 0 Å². The van der Waals surface area contributed by atoms with Crippen molar-refractivity contribution < 1.29 is 9.84 Å². The Morgan fingerprint density at radius 2 is 2.25 bits per heavy atom. The van der Waals surface area contributed by atoms with Crippen LogP contribution in [-0.4, -0.2) is 34.8 Å². The maximum absolute atomic E-state index is 9.21. The molecule has 0 saturated carbocycles. The Morgan fingerprint density at radius 3 is 2.81 bits per heavy atom. The van der Waals surface area contributed by atoms with Gasteiger partial charge < -0.3 is 15.2 Å². The smallest absolute Gasteiger partial charge is 0.226 e. The van der Waals surface area contributed by atoms with Crippen LogP contribution >= 0.6 is 0 Å². The van der Waals surface area contributed by atoms with E-state index in [2.05, 4.69) is 29.1 Å². The summed E-state index contributed by atoms with van der Waals surface area (Å²) in [4.78, 5) is 8.20. The lowest BCUT2D eigenvalue weighted by atomic mass is 10.0. The van der Waals surface area contributed by atoms with Crippen LogP contribution in [0.3, 0.4) is 0 Å². The second-order valence-electron chi connectivity index (χ2n) is 4.08. The molecule has 1 aromatic heterocycles. The van der Waals surface area contributed by atoms with E-state index in [9.17, 15) is 5.11 Å². The van der Waals surface area contributed by atoms with Gasteiger partial charge in [-0.3, -0.25) is 0 Å². The first-order valence-corrected chi connectivity index (χ1v) is 5.40. The van der Waals surface area contributed by atoms with Crippen LogP contribution in [-0.2, 0) is 0 Å². The molecule has 5 heteroatoms. The number of anilines is 1. The van der Waals surface area contributed by atoms with E-state index < -0.39 is 0 Å². The van der Waals surface area contributed by atoms with Crippen molar-refractivity contribution in [2.45, 2.75) is 26.3 Å². The fourth-order valence-electron chi connectivity index (χ4n) is 1.46. The van der Waals surface area contributed by atoms with E-state index in [4.69, 9.17) is 4.74 Å². The zero-order valence-corrected chi connectivity index (χ0v) is 9.97. The van der Waals surface area contributed by atoms with Crippen LogP contribution in [0, 0.1) is 5.92 Å². The summed E-state index contributed by atoms with van der Waals surface area (Å²) in [6.07, 6.45) is 2.50. The Hall–Kier alpha value is -1.36. The number of nitrogens with one attached hydrogen (secondary N) is 1. The molecule has 0 aromatic carbocycles. The summed E-state index contributed by atoms with van der Waals surface area (Å²) in [6, 6.07) is 1.66. The second-order valence-corrected chi connectivity index (χ2v) is 4.08. The van der Waals surface area contributed by atoms with E-state index in [1.807, 2.05) is 0 Å². The molecule has 0 radical (unpaired) electrons. The first-order valence-electron chi connectivity index (χ1n) is 5.40. The highest BCUT2D eigenvalue weighted by Crippen LogP contribution is 2.11. The molecule has 0 saturated heterocycles. The van der Waals surface area contributed by atoms with Gasteiger partial charge in [-0.05, 0) is 12.3 Å². The van der Waals surface area contributed by atoms with Gasteiger partial charge in [-0.25, -0.2) is 4.98 Å². The van der Waals surface area contributed by atoms with Gasteiger partial charge in [0.05, 0.1) is 19.8 Å². The third-order valence-electron chi connectivity index (χ3n) is 2.15. The van der Waals surface area contributed by atoms with Crippen molar-refractivity contribution in [2.75, 3.05) is 19.0 Å². The number of hydrogen-bond acceptors (Lipinski definition) is 5. The number of ether oxygens (including phenoxy) is 1. The normalized spacial score (nSPS) is 12.6. The number of rotatable bonds is 6. The largest absolute Gasteiger partial charge is 0.481 e. The molecular formula is C11H19N3O2. The van der Waals surface area contributed by atoms with E-state index in [1.165, 1.54) is 0 Å². The fourth-order valence-corrected chi connectivity index (χ4v) is 1.46. The minimum Gasteiger partial charge on any atom is -0.481 e. The molecule has 90 valence electrons. The maximum Gasteiger partial charge on any atom is 0.226 e. The van der Waals surface area contributed by atoms with Gasteiger partial charge in [0.15, 0.2) is 0 Å². The summed E-state index contributed by atoms with van der Waals surface area (Å²) < 4.78 is 5.00. The Balaban J connectivity index is 2.62. The minimum absolute atomic E-state index is 0.0212. The van der Waals surface area contributed by atoms with Crippen LogP contribution in [0.1, 0.15) is 20.3 Å². The Kier molecular flexibility index (Phi) is 4.98. The van der Waals surface area contributed by atoms with Gasteiger partial charge in [-0.1, -0.05) is 13.8 Å². The molecule has 5 nitrogen and oxygen atoms in total. The van der Waals surface area contributed by atoms with Gasteiger partial charge in [-0.2, -0.15) is 4.98 Å². The molecule has 0 aliphatic heterocycles. The molecule has 0 spiro atoms. The quantitative estimate of drug-likeness (QED) is 0.764. The van der Waals surface area contributed by atoms with Gasteiger partial charge >= 0.3 is 0 Å². The summed E-state index contributed by atoms with van der Waals surface area (Å²) in [5.41, 5.74) is 0. The first-order chi connectivity index (χ1) is 7.65. The standard InChI is InChI=1S/C11H19N3O2/c1-8(2)6-9(7-15)13-11-12-5-4-10(14-11)16-3/h4-5,8-9,15H,6-7H2,1-3H3,(H,12,13,14). The molecule has 1 heterocycles. The molecule has 16 heavy (non-hydrogen) atoms. The van der Waals surface area contributed by atoms with Crippen LogP contribution in [0.15, 0.2) is 12.3 Å². The van der Waals surface area contributed by atoms with E-state index in [0.29, 0.717) is 17.7 Å². The second kappa shape index (κ2) is 6.27. The highest BCUT2D eigenvalue weighted by Gasteiger charge is 2.11. The molecule has 2 N–H and O–H groups in total. The van der Waals surface area contributed by atoms with Crippen molar-refractivity contribution in [3.05, 3.63) is 12.3 Å². The predicted molar refractivity (Wildman–Crippen MR) is 62.5 cm³/mol. The fraction of sp³-hybridized carbons (Fsp3) is 0.636. The first kappa shape index (κ1) is 12.7. The van der Waals surface area contributed by atoms with Crippen LogP contribution < -0.4 is 10.1 Å². The predicted octanol–water partition coefficient (Wildman–Crippen LogP) is 1.30. The Bertz CT molecular complexity index is 318. The zero-order valence-electron chi connectivity index (χ0n) is 9.97. The summed E-state index contributed by atoms with van der Waals surface area (Å²) in [6.45, 7) is 4.28. The number of aliphatic hydroxyl groups is 1. The van der Waals surface area contributed by atoms with Gasteiger partial charge in [0.25, 0.3) is 0 Å². The molecule has 1 unspecified atom stereocenters. The monoisotopic (exact) mass is 225 g/mol. The topological polar surface area (TPSA) is 67.3 Å². The van der Waals surface area contributed by atoms with Crippen LogP contribution in [0.2, 0.25) is 0 Å². The summed E-state index contributed by atoms with van der Waals surface area (Å²) >= 11 is 0. The number of nitrogens with zero attached hydrogens (tertiary/aromatic N) is 2. The van der Waals surface area contributed by atoms with Crippen molar-refractivity contribution in [1.82, 2.24) is 9.97 Å². The van der Waals surface area contributed by atoms with Gasteiger partial charge in [0.1, 0.15) is 0 Å². The lowest BCUT2D eigenvalue weighted by Crippen LogP contribution is -2.26. The van der Waals surface area contributed by atoms with Gasteiger partial charge in [-0.15, -0.1) is 0 Å². The van der Waals surface area contributed by atoms with Gasteiger partial charge in [0, 0.05) is 12.3 Å². The molecule has 0 aliphatic carbocycles. The lowest BCUT2D eigenvalue weighted by molar-refractivity contribution is 0.258. The third kappa shape index (κ3) is 4.02. The maximum atomic E-state index is 9.21. The summed E-state index contributed by atoms with van der Waals surface area (Å²) in [7, 11) is 1.56. The Morgan fingerprint density at radius 1 is 1.50 bits per heavy atom. The number of aliphatic hydroxyl groups excluding tert-OH is 1. The molecule has 1 aromatic rings. The minimum atomic E-state index is -0.0212. The average molecular weight is 225 g/mol. The summed E-state index contributed by atoms with van der Waals surface area (Å²) in [5, 5.41) is 12.3. The van der Waals surface area contributed by atoms with Crippen molar-refractivity contribution >= 4 is 5.95 Å². The molecule has 1 rings (SSSR count). The third-order valence-corrected chi connectivity index (χ3v) is 2.15. The Labute approximate surface area is 95.9 Å². The van der Waals surface area contributed by atoms with Crippen LogP contribution in [0.4, 0.5) is 5.95 Å². The van der Waals surface area contributed by atoms with Crippen molar-refractivity contribution in [1.29, 1.82) is 0 Å². The van der Waals surface area contributed by atoms with Crippen molar-refractivity contribution in [3.63, 3.8) is 0 Å². The molecular weight excluding hydrogens is 206 g/mol. The molecule has 0 fully saturated rings. The van der Waals surface area contributed by atoms with E-state index >= 15 is 0 Å². The van der Waals surface area contributed by atoms with Crippen LogP contribution in [0.5, 0.6) is 5.88 Å². The molecule has 1 atom stereocenters. The molecule has 0 amide bonds. The lowest BCUT2D eigenvalue weighted by Gasteiger charge is -2.18. The zero-order chi connectivity index (χ0) is 12.0. The number of aromatic nitrogens is 2. The average Bonchev–Trinajstić information content (AvgIpc) is 2.28. The molecule has 0 bridgehead atoms. The van der Waals surface area contributed by atoms with Gasteiger partial charge in [0.2, 0.25) is 11.8 Å². The molecule has 0 aliphatic rings. The highest BCUT2D eigenvalue weighted by atomic mass is 16.5. The SMILES string of the molecule is COc1ccnc(NC(CO)CC(C)C)n1. The number of methoxy groups -OCH3 is 1. The summed E-state index contributed by atoms with van der Waals surface area (Å²) in [5.74, 6) is 1.51. The van der Waals surface area contributed by atoms with Crippen molar-refractivity contribution in [2.24, 2.45) is 5.92 Å². The highest BCUT2D eigenvalue weighted by molar-refractivity contribution is 5.28. The van der Waals surface area contributed by atoms with E-state index in [0.717, 1.165) is 6.42 Å². The van der Waals surface area contributed by atoms with E-state index in [-0.39, 0.29) is 12.6 Å².